The van der Waals surface area contributed by atoms with E-state index in [1.165, 1.54) is 19.3 Å². The molecule has 0 amide bonds. The predicted molar refractivity (Wildman–Crippen MR) is 82.1 cm³/mol. The van der Waals surface area contributed by atoms with Crippen LogP contribution in [0.3, 0.4) is 0 Å². The second kappa shape index (κ2) is 7.96. The summed E-state index contributed by atoms with van der Waals surface area (Å²) in [4.78, 5) is 23.5. The molecule has 2 rings (SSSR count). The molecule has 1 aliphatic carbocycles. The largest absolute Gasteiger partial charge is 0.481 e. The first-order valence-corrected chi connectivity index (χ1v) is 7.95. The van der Waals surface area contributed by atoms with Gasteiger partial charge >= 0.3 is 5.97 Å². The Kier molecular flexibility index (Phi) is 5.97. The van der Waals surface area contributed by atoms with Gasteiger partial charge in [-0.05, 0) is 30.7 Å². The Bertz CT molecular complexity index is 461. The number of aliphatic carboxylic acids is 1. The van der Waals surface area contributed by atoms with E-state index in [-0.39, 0.29) is 18.1 Å². The minimum Gasteiger partial charge on any atom is -0.481 e. The molecule has 1 saturated carbocycles. The Balaban J connectivity index is 2.02. The number of ketones is 1. The molecule has 0 bridgehead atoms. The van der Waals surface area contributed by atoms with Gasteiger partial charge in [0.15, 0.2) is 0 Å². The SMILES string of the molecule is O=C(O)CCC(C(=O)Cc1ccccc1)C1CCCCC1. The molecule has 1 unspecified atom stereocenters. The summed E-state index contributed by atoms with van der Waals surface area (Å²) >= 11 is 0. The Morgan fingerprint density at radius 2 is 1.76 bits per heavy atom. The van der Waals surface area contributed by atoms with Gasteiger partial charge in [0, 0.05) is 18.8 Å². The summed E-state index contributed by atoms with van der Waals surface area (Å²) in [6.07, 6.45) is 6.76. The monoisotopic (exact) mass is 288 g/mol. The Morgan fingerprint density at radius 1 is 1.10 bits per heavy atom. The molecule has 114 valence electrons. The van der Waals surface area contributed by atoms with E-state index in [9.17, 15) is 9.59 Å². The Morgan fingerprint density at radius 3 is 2.38 bits per heavy atom. The van der Waals surface area contributed by atoms with Gasteiger partial charge in [-0.1, -0.05) is 49.6 Å². The highest BCUT2D eigenvalue weighted by molar-refractivity contribution is 5.84. The summed E-state index contributed by atoms with van der Waals surface area (Å²) in [7, 11) is 0. The summed E-state index contributed by atoms with van der Waals surface area (Å²) in [5.74, 6) is -0.284. The molecule has 0 aliphatic heterocycles. The van der Waals surface area contributed by atoms with Crippen LogP contribution in [0.25, 0.3) is 0 Å². The zero-order valence-corrected chi connectivity index (χ0v) is 12.5. The van der Waals surface area contributed by atoms with Crippen molar-refractivity contribution in [2.75, 3.05) is 0 Å². The fraction of sp³-hybridized carbons (Fsp3) is 0.556. The van der Waals surface area contributed by atoms with E-state index < -0.39 is 5.97 Å². The molecule has 1 aromatic carbocycles. The van der Waals surface area contributed by atoms with Crippen LogP contribution in [0.2, 0.25) is 0 Å². The zero-order valence-electron chi connectivity index (χ0n) is 12.5. The van der Waals surface area contributed by atoms with E-state index in [1.54, 1.807) is 0 Å². The van der Waals surface area contributed by atoms with Crippen molar-refractivity contribution in [3.63, 3.8) is 0 Å². The lowest BCUT2D eigenvalue weighted by molar-refractivity contribution is -0.137. The summed E-state index contributed by atoms with van der Waals surface area (Å²) in [6.45, 7) is 0. The molecule has 1 aromatic rings. The molecule has 1 N–H and O–H groups in total. The standard InChI is InChI=1S/C18H24O3/c19-17(13-14-7-3-1-4-8-14)16(11-12-18(20)21)15-9-5-2-6-10-15/h1,3-4,7-8,15-16H,2,5-6,9-13H2,(H,20,21). The van der Waals surface area contributed by atoms with E-state index in [1.807, 2.05) is 30.3 Å². The van der Waals surface area contributed by atoms with Crippen molar-refractivity contribution in [2.24, 2.45) is 11.8 Å². The zero-order chi connectivity index (χ0) is 15.1. The molecule has 1 aliphatic rings. The molecule has 0 radical (unpaired) electrons. The van der Waals surface area contributed by atoms with Crippen molar-refractivity contribution in [2.45, 2.75) is 51.4 Å². The number of carbonyl (C=O) groups excluding carboxylic acids is 1. The number of benzene rings is 1. The van der Waals surface area contributed by atoms with Gasteiger partial charge in [0.1, 0.15) is 5.78 Å². The fourth-order valence-corrected chi connectivity index (χ4v) is 3.40. The van der Waals surface area contributed by atoms with Gasteiger partial charge in [0.25, 0.3) is 0 Å². The summed E-state index contributed by atoms with van der Waals surface area (Å²) in [5, 5.41) is 8.92. The van der Waals surface area contributed by atoms with Crippen LogP contribution in [-0.4, -0.2) is 16.9 Å². The van der Waals surface area contributed by atoms with E-state index in [0.29, 0.717) is 18.8 Å². The highest BCUT2D eigenvalue weighted by Crippen LogP contribution is 2.33. The average Bonchev–Trinajstić information content (AvgIpc) is 2.49. The smallest absolute Gasteiger partial charge is 0.303 e. The minimum absolute atomic E-state index is 0.0818. The third-order valence-electron chi connectivity index (χ3n) is 4.52. The van der Waals surface area contributed by atoms with Crippen LogP contribution < -0.4 is 0 Å². The second-order valence-electron chi connectivity index (χ2n) is 6.07. The van der Waals surface area contributed by atoms with Gasteiger partial charge < -0.3 is 5.11 Å². The molecule has 21 heavy (non-hydrogen) atoms. The number of carbonyl (C=O) groups is 2. The van der Waals surface area contributed by atoms with Gasteiger partial charge in [0.2, 0.25) is 0 Å². The lowest BCUT2D eigenvalue weighted by Gasteiger charge is -2.29. The number of hydrogen-bond donors (Lipinski definition) is 1. The molecule has 3 heteroatoms. The number of rotatable bonds is 7. The second-order valence-corrected chi connectivity index (χ2v) is 6.07. The summed E-state index contributed by atoms with van der Waals surface area (Å²) in [6, 6.07) is 9.75. The van der Waals surface area contributed by atoms with Gasteiger partial charge in [0.05, 0.1) is 0 Å². The number of Topliss-reactive ketones (excluding diaryl/α,β-unsaturated/α-hetero) is 1. The van der Waals surface area contributed by atoms with Gasteiger partial charge in [-0.25, -0.2) is 0 Å². The molecule has 1 fully saturated rings. The highest BCUT2D eigenvalue weighted by Gasteiger charge is 2.29. The first kappa shape index (κ1) is 15.7. The number of hydrogen-bond acceptors (Lipinski definition) is 2. The van der Waals surface area contributed by atoms with Crippen molar-refractivity contribution in [3.05, 3.63) is 35.9 Å². The van der Waals surface area contributed by atoms with Crippen LogP contribution in [0.15, 0.2) is 30.3 Å². The quantitative estimate of drug-likeness (QED) is 0.829. The number of carboxylic acids is 1. The molecular weight excluding hydrogens is 264 g/mol. The molecule has 0 heterocycles. The maximum absolute atomic E-state index is 12.6. The molecule has 0 saturated heterocycles. The maximum atomic E-state index is 12.6. The van der Waals surface area contributed by atoms with Crippen LogP contribution in [0.1, 0.15) is 50.5 Å². The normalized spacial score (nSPS) is 17.3. The summed E-state index contributed by atoms with van der Waals surface area (Å²) in [5.41, 5.74) is 1.03. The van der Waals surface area contributed by atoms with E-state index in [2.05, 4.69) is 0 Å². The van der Waals surface area contributed by atoms with Gasteiger partial charge in [-0.3, -0.25) is 9.59 Å². The van der Waals surface area contributed by atoms with Crippen LogP contribution in [-0.2, 0) is 16.0 Å². The van der Waals surface area contributed by atoms with Crippen LogP contribution in [0.5, 0.6) is 0 Å². The molecule has 1 atom stereocenters. The first-order valence-electron chi connectivity index (χ1n) is 7.95. The number of carboxylic acid groups (broad SMARTS) is 1. The van der Waals surface area contributed by atoms with Crippen molar-refractivity contribution >= 4 is 11.8 Å². The highest BCUT2D eigenvalue weighted by atomic mass is 16.4. The fourth-order valence-electron chi connectivity index (χ4n) is 3.40. The Hall–Kier alpha value is -1.64. The molecule has 0 aromatic heterocycles. The van der Waals surface area contributed by atoms with Crippen molar-refractivity contribution < 1.29 is 14.7 Å². The topological polar surface area (TPSA) is 54.4 Å². The van der Waals surface area contributed by atoms with E-state index in [4.69, 9.17) is 5.11 Å². The third-order valence-corrected chi connectivity index (χ3v) is 4.52. The Labute approximate surface area is 126 Å². The first-order chi connectivity index (χ1) is 10.2. The van der Waals surface area contributed by atoms with E-state index in [0.717, 1.165) is 18.4 Å². The van der Waals surface area contributed by atoms with Gasteiger partial charge in [-0.15, -0.1) is 0 Å². The van der Waals surface area contributed by atoms with Gasteiger partial charge in [-0.2, -0.15) is 0 Å². The molecule has 3 nitrogen and oxygen atoms in total. The van der Waals surface area contributed by atoms with Crippen LogP contribution >= 0.6 is 0 Å². The summed E-state index contributed by atoms with van der Waals surface area (Å²) < 4.78 is 0. The minimum atomic E-state index is -0.802. The van der Waals surface area contributed by atoms with E-state index >= 15 is 0 Å². The molecular formula is C18H24O3. The van der Waals surface area contributed by atoms with Crippen molar-refractivity contribution in [1.29, 1.82) is 0 Å². The third kappa shape index (κ3) is 5.00. The van der Waals surface area contributed by atoms with Crippen molar-refractivity contribution in [3.8, 4) is 0 Å². The predicted octanol–water partition coefficient (Wildman–Crippen LogP) is 3.86. The average molecular weight is 288 g/mol. The molecule has 0 spiro atoms. The van der Waals surface area contributed by atoms with Crippen molar-refractivity contribution in [1.82, 2.24) is 0 Å². The maximum Gasteiger partial charge on any atom is 0.303 e. The van der Waals surface area contributed by atoms with Crippen LogP contribution in [0.4, 0.5) is 0 Å². The van der Waals surface area contributed by atoms with Crippen LogP contribution in [0, 0.1) is 11.8 Å². The lowest BCUT2D eigenvalue weighted by atomic mass is 9.75. The lowest BCUT2D eigenvalue weighted by Crippen LogP contribution is -2.28.